The molecule has 7 heteroatoms. The van der Waals surface area contributed by atoms with E-state index in [9.17, 15) is 19.5 Å². The van der Waals surface area contributed by atoms with Gasteiger partial charge in [0.1, 0.15) is 11.8 Å². The summed E-state index contributed by atoms with van der Waals surface area (Å²) in [6, 6.07) is -1.26. The van der Waals surface area contributed by atoms with Crippen LogP contribution in [0.1, 0.15) is 59.8 Å². The van der Waals surface area contributed by atoms with E-state index in [-0.39, 0.29) is 42.1 Å². The molecule has 24 heavy (non-hydrogen) atoms. The van der Waals surface area contributed by atoms with E-state index in [1.807, 2.05) is 0 Å². The van der Waals surface area contributed by atoms with Gasteiger partial charge < -0.3 is 10.4 Å². The number of halogens is 1. The van der Waals surface area contributed by atoms with Gasteiger partial charge in [0.2, 0.25) is 5.91 Å². The Morgan fingerprint density at radius 3 is 2.21 bits per heavy atom. The smallest absolute Gasteiger partial charge is 0.320 e. The lowest BCUT2D eigenvalue weighted by Gasteiger charge is -2.31. The Hall–Kier alpha value is -1.14. The average molecular weight is 363 g/mol. The highest BCUT2D eigenvalue weighted by atomic mass is 35.5. The largest absolute Gasteiger partial charge is 0.480 e. The van der Waals surface area contributed by atoms with Crippen LogP contribution in [0.2, 0.25) is 0 Å². The number of hydrogen-bond donors (Lipinski definition) is 3. The zero-order valence-corrected chi connectivity index (χ0v) is 15.8. The van der Waals surface area contributed by atoms with Gasteiger partial charge in [-0.3, -0.25) is 19.7 Å². The third kappa shape index (κ3) is 6.06. The molecule has 1 fully saturated rings. The highest BCUT2D eigenvalue weighted by molar-refractivity contribution is 5.85. The van der Waals surface area contributed by atoms with Gasteiger partial charge in [-0.1, -0.05) is 33.6 Å². The molecule has 6 nitrogen and oxygen atoms in total. The van der Waals surface area contributed by atoms with Crippen molar-refractivity contribution < 1.29 is 19.5 Å². The molecule has 4 atom stereocenters. The van der Waals surface area contributed by atoms with Crippen LogP contribution in [0.5, 0.6) is 0 Å². The number of aliphatic carboxylic acids is 1. The van der Waals surface area contributed by atoms with Crippen molar-refractivity contribution in [1.82, 2.24) is 10.6 Å². The van der Waals surface area contributed by atoms with Crippen molar-refractivity contribution in [3.05, 3.63) is 0 Å². The van der Waals surface area contributed by atoms with Gasteiger partial charge in [0.25, 0.3) is 0 Å². The summed E-state index contributed by atoms with van der Waals surface area (Å²) in [6.45, 7) is 7.47. The van der Waals surface area contributed by atoms with Gasteiger partial charge in [-0.05, 0) is 18.8 Å². The maximum Gasteiger partial charge on any atom is 0.320 e. The second-order valence-corrected chi connectivity index (χ2v) is 6.47. The van der Waals surface area contributed by atoms with Crippen LogP contribution in [-0.2, 0) is 14.4 Å². The lowest BCUT2D eigenvalue weighted by atomic mass is 9.83. The Bertz CT molecular complexity index is 440. The summed E-state index contributed by atoms with van der Waals surface area (Å²) in [4.78, 5) is 35.2. The molecule has 1 saturated heterocycles. The van der Waals surface area contributed by atoms with Gasteiger partial charge in [0, 0.05) is 31.3 Å². The standard InChI is InChI=1S/C17H30N2O4.ClH/c1-5-11(6-2)8-13(18-10(4)20)16-12(15(21)7-3)9-14(19-16)17(22)23;/h11-14,16,19H,5-9H2,1-4H3,(H,18,20)(H,22,23);1H/t12-,13-,14+,16+;/m0./s1. The van der Waals surface area contributed by atoms with Crippen LogP contribution < -0.4 is 10.6 Å². The first-order valence-corrected chi connectivity index (χ1v) is 8.62. The second-order valence-electron chi connectivity index (χ2n) is 6.47. The molecule has 1 amide bonds. The van der Waals surface area contributed by atoms with Crippen LogP contribution in [0.15, 0.2) is 0 Å². The van der Waals surface area contributed by atoms with Gasteiger partial charge in [-0.15, -0.1) is 12.4 Å². The molecule has 0 aliphatic carbocycles. The third-order valence-corrected chi connectivity index (χ3v) is 4.94. The minimum atomic E-state index is -0.939. The van der Waals surface area contributed by atoms with Crippen LogP contribution in [0.4, 0.5) is 0 Å². The molecule has 0 spiro atoms. The molecule has 0 radical (unpaired) electrons. The second kappa shape index (κ2) is 10.7. The van der Waals surface area contributed by atoms with E-state index in [4.69, 9.17) is 0 Å². The van der Waals surface area contributed by atoms with Gasteiger partial charge in [0.15, 0.2) is 0 Å². The van der Waals surface area contributed by atoms with Crippen molar-refractivity contribution in [3.63, 3.8) is 0 Å². The molecule has 3 N–H and O–H groups in total. The molecule has 0 bridgehead atoms. The van der Waals surface area contributed by atoms with Crippen LogP contribution in [0, 0.1) is 11.8 Å². The molecular formula is C17H31ClN2O4. The summed E-state index contributed by atoms with van der Waals surface area (Å²) in [5.74, 6) is -0.942. The summed E-state index contributed by atoms with van der Waals surface area (Å²) >= 11 is 0. The van der Waals surface area contributed by atoms with Crippen LogP contribution in [0.25, 0.3) is 0 Å². The highest BCUT2D eigenvalue weighted by Gasteiger charge is 2.44. The Morgan fingerprint density at radius 2 is 1.79 bits per heavy atom. The summed E-state index contributed by atoms with van der Waals surface area (Å²) in [7, 11) is 0. The number of rotatable bonds is 9. The SMILES string of the molecule is CCC(=O)[C@@H]1C[C@H](C(=O)O)N[C@H]1[C@H](CC(CC)CC)NC(C)=O.Cl. The maximum absolute atomic E-state index is 12.3. The Labute approximate surface area is 150 Å². The van der Waals surface area contributed by atoms with Crippen molar-refractivity contribution in [2.75, 3.05) is 0 Å². The Balaban J connectivity index is 0.00000529. The van der Waals surface area contributed by atoms with E-state index in [1.165, 1.54) is 6.92 Å². The van der Waals surface area contributed by atoms with E-state index in [0.29, 0.717) is 18.8 Å². The van der Waals surface area contributed by atoms with Crippen LogP contribution in [0.3, 0.4) is 0 Å². The lowest BCUT2D eigenvalue weighted by Crippen LogP contribution is -2.53. The average Bonchev–Trinajstić information content (AvgIpc) is 2.95. The maximum atomic E-state index is 12.3. The van der Waals surface area contributed by atoms with Crippen molar-refractivity contribution in [3.8, 4) is 0 Å². The van der Waals surface area contributed by atoms with Gasteiger partial charge in [-0.25, -0.2) is 0 Å². The molecular weight excluding hydrogens is 332 g/mol. The molecule has 1 rings (SSSR count). The number of carboxylic acids is 1. The molecule has 1 heterocycles. The minimum Gasteiger partial charge on any atom is -0.480 e. The number of hydrogen-bond acceptors (Lipinski definition) is 4. The topological polar surface area (TPSA) is 95.5 Å². The number of carbonyl (C=O) groups is 3. The monoisotopic (exact) mass is 362 g/mol. The summed E-state index contributed by atoms with van der Waals surface area (Å²) in [5.41, 5.74) is 0. The highest BCUT2D eigenvalue weighted by Crippen LogP contribution is 2.29. The van der Waals surface area contributed by atoms with Gasteiger partial charge in [-0.2, -0.15) is 0 Å². The number of carbonyl (C=O) groups excluding carboxylic acids is 2. The fourth-order valence-electron chi connectivity index (χ4n) is 3.52. The molecule has 1 aliphatic heterocycles. The quantitative estimate of drug-likeness (QED) is 0.584. The third-order valence-electron chi connectivity index (χ3n) is 4.94. The predicted molar refractivity (Wildman–Crippen MR) is 95.3 cm³/mol. The van der Waals surface area contributed by atoms with E-state index in [2.05, 4.69) is 24.5 Å². The lowest BCUT2D eigenvalue weighted by molar-refractivity contribution is -0.139. The molecule has 0 aromatic heterocycles. The fraction of sp³-hybridized carbons (Fsp3) is 0.824. The Kier molecular flexibility index (Phi) is 10.2. The van der Waals surface area contributed by atoms with Crippen molar-refractivity contribution in [1.29, 1.82) is 0 Å². The first-order valence-electron chi connectivity index (χ1n) is 8.62. The van der Waals surface area contributed by atoms with Gasteiger partial charge >= 0.3 is 5.97 Å². The molecule has 0 saturated carbocycles. The number of Topliss-reactive ketones (excluding diaryl/α,β-unsaturated/α-hetero) is 1. The Morgan fingerprint density at radius 1 is 1.21 bits per heavy atom. The summed E-state index contributed by atoms with van der Waals surface area (Å²) in [5, 5.41) is 15.3. The molecule has 140 valence electrons. The number of amides is 1. The minimum absolute atomic E-state index is 0. The first kappa shape index (κ1) is 22.9. The molecule has 0 aromatic carbocycles. The molecule has 0 aromatic rings. The van der Waals surface area contributed by atoms with E-state index >= 15 is 0 Å². The number of nitrogens with one attached hydrogen (secondary N) is 2. The van der Waals surface area contributed by atoms with E-state index in [1.54, 1.807) is 6.92 Å². The fourth-order valence-corrected chi connectivity index (χ4v) is 3.52. The molecule has 0 unspecified atom stereocenters. The molecule has 1 aliphatic rings. The summed E-state index contributed by atoms with van der Waals surface area (Å²) < 4.78 is 0. The zero-order valence-electron chi connectivity index (χ0n) is 15.0. The van der Waals surface area contributed by atoms with Crippen molar-refractivity contribution >= 4 is 30.1 Å². The van der Waals surface area contributed by atoms with Crippen molar-refractivity contribution in [2.45, 2.75) is 77.9 Å². The van der Waals surface area contributed by atoms with Gasteiger partial charge in [0.05, 0.1) is 0 Å². The van der Waals surface area contributed by atoms with E-state index in [0.717, 1.165) is 19.3 Å². The van der Waals surface area contributed by atoms with Crippen LogP contribution >= 0.6 is 12.4 Å². The van der Waals surface area contributed by atoms with Crippen molar-refractivity contribution in [2.24, 2.45) is 11.8 Å². The predicted octanol–water partition coefficient (Wildman–Crippen LogP) is 2.15. The van der Waals surface area contributed by atoms with Crippen LogP contribution in [-0.4, -0.2) is 40.9 Å². The first-order chi connectivity index (χ1) is 10.8. The summed E-state index contributed by atoms with van der Waals surface area (Å²) in [6.07, 6.45) is 3.42. The normalized spacial score (nSPS) is 24.3. The number of carboxylic acid groups (broad SMARTS) is 1. The number of ketones is 1. The zero-order chi connectivity index (χ0) is 17.6. The van der Waals surface area contributed by atoms with E-state index < -0.39 is 12.0 Å².